The quantitative estimate of drug-likeness (QED) is 0.493. The molecule has 7 heteroatoms. The molecule has 37 heavy (non-hydrogen) atoms. The van der Waals surface area contributed by atoms with Crippen molar-refractivity contribution in [3.8, 4) is 0 Å². The van der Waals surface area contributed by atoms with Gasteiger partial charge in [0.2, 0.25) is 0 Å². The molecule has 0 amide bonds. The van der Waals surface area contributed by atoms with Crippen LogP contribution in [-0.4, -0.2) is 81.4 Å². The molecule has 5 saturated heterocycles. The van der Waals surface area contributed by atoms with Gasteiger partial charge in [-0.05, 0) is 111 Å². The molecular weight excluding hydrogens is 472 g/mol. The molecular formula is C30H50O7. The van der Waals surface area contributed by atoms with Crippen molar-refractivity contribution in [2.75, 3.05) is 6.61 Å². The number of rotatable bonds is 6. The minimum absolute atomic E-state index is 0.00653. The molecule has 2 N–H and O–H groups in total. The standard InChI is InChI=1S/C30H50O7/c1-19(18-31)20-10-14-27(4,34-20)23-12-16-28(5)22(33-23)8-9-24(36-28)29(6)17-13-25(37-29)30(7)15-11-21(35-30)26(2,3)32/h20-25,31-32H,1,8-18H2,2-7H3. The molecule has 0 aromatic rings. The predicted molar refractivity (Wildman–Crippen MR) is 140 cm³/mol. The van der Waals surface area contributed by atoms with Crippen molar-refractivity contribution in [1.82, 2.24) is 0 Å². The van der Waals surface area contributed by atoms with Crippen LogP contribution in [-0.2, 0) is 23.7 Å². The summed E-state index contributed by atoms with van der Waals surface area (Å²) in [7, 11) is 0. The van der Waals surface area contributed by atoms with Gasteiger partial charge in [0.25, 0.3) is 0 Å². The average molecular weight is 523 g/mol. The van der Waals surface area contributed by atoms with Crippen molar-refractivity contribution in [3.63, 3.8) is 0 Å². The molecule has 0 aliphatic carbocycles. The minimum atomic E-state index is -0.844. The highest BCUT2D eigenvalue weighted by Crippen LogP contribution is 2.51. The van der Waals surface area contributed by atoms with Gasteiger partial charge in [-0.25, -0.2) is 0 Å². The maximum Gasteiger partial charge on any atom is 0.0924 e. The van der Waals surface area contributed by atoms with Crippen LogP contribution >= 0.6 is 0 Å². The van der Waals surface area contributed by atoms with Crippen LogP contribution < -0.4 is 0 Å². The lowest BCUT2D eigenvalue weighted by molar-refractivity contribution is -0.291. The zero-order valence-electron chi connectivity index (χ0n) is 23.9. The maximum atomic E-state index is 10.5. The number of fused-ring (bicyclic) bond motifs is 1. The lowest BCUT2D eigenvalue weighted by Gasteiger charge is -2.54. The molecule has 5 heterocycles. The van der Waals surface area contributed by atoms with Crippen LogP contribution in [0.4, 0.5) is 0 Å². The van der Waals surface area contributed by atoms with Gasteiger partial charge in [-0.15, -0.1) is 0 Å². The Labute approximate surface area is 223 Å². The van der Waals surface area contributed by atoms with Crippen molar-refractivity contribution in [2.45, 2.75) is 170 Å². The zero-order valence-corrected chi connectivity index (χ0v) is 23.9. The van der Waals surface area contributed by atoms with Gasteiger partial charge in [-0.1, -0.05) is 6.58 Å². The summed E-state index contributed by atoms with van der Waals surface area (Å²) < 4.78 is 33.2. The Bertz CT molecular complexity index is 870. The molecule has 5 aliphatic heterocycles. The Morgan fingerprint density at radius 3 is 1.78 bits per heavy atom. The maximum absolute atomic E-state index is 10.5. The van der Waals surface area contributed by atoms with E-state index in [2.05, 4.69) is 34.3 Å². The van der Waals surface area contributed by atoms with Crippen LogP contribution in [0.25, 0.3) is 0 Å². The Morgan fingerprint density at radius 1 is 0.703 bits per heavy atom. The number of hydrogen-bond acceptors (Lipinski definition) is 7. The second-order valence-corrected chi connectivity index (χ2v) is 14.0. The van der Waals surface area contributed by atoms with E-state index in [-0.39, 0.29) is 65.6 Å². The summed E-state index contributed by atoms with van der Waals surface area (Å²) in [5.74, 6) is 0. The van der Waals surface area contributed by atoms with E-state index in [0.29, 0.717) is 0 Å². The Hall–Kier alpha value is -0.540. The predicted octanol–water partition coefficient (Wildman–Crippen LogP) is 4.60. The van der Waals surface area contributed by atoms with Crippen LogP contribution in [0, 0.1) is 0 Å². The van der Waals surface area contributed by atoms with E-state index < -0.39 is 5.60 Å². The highest BCUT2D eigenvalue weighted by molar-refractivity contribution is 5.10. The lowest BCUT2D eigenvalue weighted by Crippen LogP contribution is -2.61. The number of ether oxygens (including phenoxy) is 5. The third-order valence-electron chi connectivity index (χ3n) is 10.4. The largest absolute Gasteiger partial charge is 0.392 e. The molecule has 0 radical (unpaired) electrons. The fraction of sp³-hybridized carbons (Fsp3) is 0.933. The number of aliphatic hydroxyl groups is 2. The van der Waals surface area contributed by atoms with Crippen molar-refractivity contribution >= 4 is 0 Å². The fourth-order valence-corrected chi connectivity index (χ4v) is 7.67. The van der Waals surface area contributed by atoms with Gasteiger partial charge < -0.3 is 33.9 Å². The highest BCUT2D eigenvalue weighted by Gasteiger charge is 2.58. The van der Waals surface area contributed by atoms with Gasteiger partial charge in [0.05, 0.1) is 71.2 Å². The molecule has 5 aliphatic rings. The first kappa shape index (κ1) is 28.0. The molecule has 0 bridgehead atoms. The normalized spacial score (nSPS) is 50.8. The third kappa shape index (κ3) is 5.07. The summed E-state index contributed by atoms with van der Waals surface area (Å²) >= 11 is 0. The van der Waals surface area contributed by atoms with Crippen LogP contribution in [0.15, 0.2) is 12.2 Å². The Balaban J connectivity index is 1.20. The van der Waals surface area contributed by atoms with E-state index >= 15 is 0 Å². The van der Waals surface area contributed by atoms with E-state index in [0.717, 1.165) is 69.8 Å². The summed E-state index contributed by atoms with van der Waals surface area (Å²) in [5.41, 5.74) is -1.51. The molecule has 0 spiro atoms. The molecule has 0 aromatic carbocycles. The second kappa shape index (κ2) is 9.53. The molecule has 0 aromatic heterocycles. The first-order chi connectivity index (χ1) is 17.2. The van der Waals surface area contributed by atoms with Crippen LogP contribution in [0.5, 0.6) is 0 Å². The monoisotopic (exact) mass is 522 g/mol. The molecule has 5 rings (SSSR count). The van der Waals surface area contributed by atoms with Gasteiger partial charge in [0.1, 0.15) is 0 Å². The number of aliphatic hydroxyl groups excluding tert-OH is 1. The van der Waals surface area contributed by atoms with E-state index in [1.54, 1.807) is 0 Å². The SMILES string of the molecule is C=C(CO)C1CCC(C)(C2CCC3(C)OC(C4(C)CCC(C5(C)CCC(C(C)(C)O)O5)O4)CCC3O2)O1. The zero-order chi connectivity index (χ0) is 26.9. The fourth-order valence-electron chi connectivity index (χ4n) is 7.67. The van der Waals surface area contributed by atoms with Gasteiger partial charge in [-0.3, -0.25) is 0 Å². The summed E-state index contributed by atoms with van der Waals surface area (Å²) in [4.78, 5) is 0. The Kier molecular flexibility index (Phi) is 7.22. The van der Waals surface area contributed by atoms with Crippen LogP contribution in [0.2, 0.25) is 0 Å². The smallest absolute Gasteiger partial charge is 0.0924 e. The summed E-state index contributed by atoms with van der Waals surface area (Å²) in [6, 6.07) is 0. The molecule has 212 valence electrons. The van der Waals surface area contributed by atoms with Crippen molar-refractivity contribution in [3.05, 3.63) is 12.2 Å². The van der Waals surface area contributed by atoms with Gasteiger partial charge in [-0.2, -0.15) is 0 Å². The molecule has 0 saturated carbocycles. The average Bonchev–Trinajstić information content (AvgIpc) is 3.56. The summed E-state index contributed by atoms with van der Waals surface area (Å²) in [6.07, 6.45) is 8.93. The summed E-state index contributed by atoms with van der Waals surface area (Å²) in [5, 5.41) is 20.0. The van der Waals surface area contributed by atoms with E-state index in [1.165, 1.54) is 0 Å². The van der Waals surface area contributed by atoms with E-state index in [4.69, 9.17) is 23.7 Å². The van der Waals surface area contributed by atoms with Crippen LogP contribution in [0.3, 0.4) is 0 Å². The van der Waals surface area contributed by atoms with E-state index in [9.17, 15) is 10.2 Å². The highest BCUT2D eigenvalue weighted by atomic mass is 16.6. The Morgan fingerprint density at radius 2 is 1.16 bits per heavy atom. The molecule has 7 nitrogen and oxygen atoms in total. The molecule has 10 atom stereocenters. The molecule has 5 fully saturated rings. The topological polar surface area (TPSA) is 86.6 Å². The lowest BCUT2D eigenvalue weighted by atomic mass is 9.77. The van der Waals surface area contributed by atoms with Crippen LogP contribution in [0.1, 0.15) is 106 Å². The first-order valence-corrected chi connectivity index (χ1v) is 14.6. The first-order valence-electron chi connectivity index (χ1n) is 14.6. The second-order valence-electron chi connectivity index (χ2n) is 14.0. The van der Waals surface area contributed by atoms with Gasteiger partial charge in [0.15, 0.2) is 0 Å². The van der Waals surface area contributed by atoms with Gasteiger partial charge in [0, 0.05) is 0 Å². The minimum Gasteiger partial charge on any atom is -0.392 e. The third-order valence-corrected chi connectivity index (χ3v) is 10.4. The summed E-state index contributed by atoms with van der Waals surface area (Å²) in [6.45, 7) is 16.3. The van der Waals surface area contributed by atoms with Crippen molar-refractivity contribution < 1.29 is 33.9 Å². The number of hydrogen-bond donors (Lipinski definition) is 2. The van der Waals surface area contributed by atoms with Crippen molar-refractivity contribution in [1.29, 1.82) is 0 Å². The molecule has 10 unspecified atom stereocenters. The van der Waals surface area contributed by atoms with Gasteiger partial charge >= 0.3 is 0 Å². The van der Waals surface area contributed by atoms with Crippen molar-refractivity contribution in [2.24, 2.45) is 0 Å². The van der Waals surface area contributed by atoms with E-state index in [1.807, 2.05) is 13.8 Å².